The predicted molar refractivity (Wildman–Crippen MR) is 128 cm³/mol. The topological polar surface area (TPSA) is 20.2 Å². The Bertz CT molecular complexity index is 634. The maximum Gasteiger partial charge on any atom is 0.0543 e. The summed E-state index contributed by atoms with van der Waals surface area (Å²) < 4.78 is 0. The van der Waals surface area contributed by atoms with Crippen molar-refractivity contribution in [2.75, 3.05) is 0 Å². The second-order valence-electron chi connectivity index (χ2n) is 12.9. The molecule has 3 saturated carbocycles. The third-order valence-corrected chi connectivity index (χ3v) is 11.3. The van der Waals surface area contributed by atoms with Gasteiger partial charge in [-0.25, -0.2) is 0 Å². The lowest BCUT2D eigenvalue weighted by Gasteiger charge is -2.57. The van der Waals surface area contributed by atoms with Crippen LogP contribution in [0.3, 0.4) is 0 Å². The monoisotopic (exact) mass is 414 g/mol. The Morgan fingerprint density at radius 2 is 1.67 bits per heavy atom. The van der Waals surface area contributed by atoms with Crippen LogP contribution in [-0.4, -0.2) is 11.2 Å². The van der Waals surface area contributed by atoms with Gasteiger partial charge in [0.05, 0.1) is 6.10 Å². The van der Waals surface area contributed by atoms with Gasteiger partial charge < -0.3 is 5.11 Å². The van der Waals surface area contributed by atoms with Crippen LogP contribution in [0, 0.1) is 52.3 Å². The largest absolute Gasteiger partial charge is 0.393 e. The fourth-order valence-corrected chi connectivity index (χ4v) is 9.15. The molecule has 4 rings (SSSR count). The minimum atomic E-state index is -0.0404. The quantitative estimate of drug-likeness (QED) is 0.436. The summed E-state index contributed by atoms with van der Waals surface area (Å²) in [7, 11) is 0. The molecule has 9 atom stereocenters. The molecule has 4 aliphatic rings. The van der Waals surface area contributed by atoms with Gasteiger partial charge in [-0.05, 0) is 110 Å². The van der Waals surface area contributed by atoms with Crippen LogP contribution in [-0.2, 0) is 0 Å². The molecule has 0 radical (unpaired) electrons. The summed E-state index contributed by atoms with van der Waals surface area (Å²) in [6.07, 6.45) is 17.2. The highest BCUT2D eigenvalue weighted by molar-refractivity contribution is 5.27. The van der Waals surface area contributed by atoms with Gasteiger partial charge in [0.2, 0.25) is 0 Å². The molecule has 0 spiro atoms. The molecular formula is C29H50O. The molecule has 0 amide bonds. The number of fused-ring (bicyclic) bond motifs is 5. The summed E-state index contributed by atoms with van der Waals surface area (Å²) in [5.41, 5.74) is 2.88. The van der Waals surface area contributed by atoms with E-state index in [1.54, 1.807) is 0 Å². The Kier molecular flexibility index (Phi) is 6.53. The molecule has 0 bridgehead atoms. The fourth-order valence-electron chi connectivity index (χ4n) is 9.15. The Morgan fingerprint density at radius 3 is 2.37 bits per heavy atom. The molecular weight excluding hydrogens is 364 g/mol. The average Bonchev–Trinajstić information content (AvgIpc) is 3.06. The molecule has 0 aromatic rings. The molecule has 1 N–H and O–H groups in total. The normalized spacial score (nSPS) is 45.3. The van der Waals surface area contributed by atoms with Crippen LogP contribution in [0.5, 0.6) is 0 Å². The summed E-state index contributed by atoms with van der Waals surface area (Å²) in [6, 6.07) is 0. The van der Waals surface area contributed by atoms with Crippen LogP contribution in [0.4, 0.5) is 0 Å². The molecule has 3 fully saturated rings. The lowest BCUT2D eigenvalue weighted by molar-refractivity contribution is -0.0428. The summed E-state index contributed by atoms with van der Waals surface area (Å²) in [6.45, 7) is 15.1. The molecule has 0 aliphatic heterocycles. The Morgan fingerprint density at radius 1 is 0.967 bits per heavy atom. The van der Waals surface area contributed by atoms with Gasteiger partial charge in [-0.2, -0.15) is 0 Å². The van der Waals surface area contributed by atoms with Gasteiger partial charge in [0, 0.05) is 0 Å². The zero-order chi connectivity index (χ0) is 21.7. The van der Waals surface area contributed by atoms with E-state index in [0.717, 1.165) is 54.3 Å². The van der Waals surface area contributed by atoms with E-state index in [1.807, 2.05) is 5.57 Å². The molecule has 1 nitrogen and oxygen atoms in total. The molecule has 1 heteroatoms. The number of hydrogen-bond acceptors (Lipinski definition) is 1. The van der Waals surface area contributed by atoms with Crippen molar-refractivity contribution in [3.63, 3.8) is 0 Å². The van der Waals surface area contributed by atoms with Crippen molar-refractivity contribution < 1.29 is 5.11 Å². The Balaban J connectivity index is 1.48. The summed E-state index contributed by atoms with van der Waals surface area (Å²) in [4.78, 5) is 0. The van der Waals surface area contributed by atoms with Crippen LogP contribution < -0.4 is 0 Å². The van der Waals surface area contributed by atoms with Crippen LogP contribution in [0.15, 0.2) is 11.6 Å². The summed E-state index contributed by atoms with van der Waals surface area (Å²) >= 11 is 0. The van der Waals surface area contributed by atoms with Crippen molar-refractivity contribution in [2.24, 2.45) is 52.3 Å². The van der Waals surface area contributed by atoms with Crippen LogP contribution in [0.2, 0.25) is 0 Å². The van der Waals surface area contributed by atoms with Crippen LogP contribution in [0.1, 0.15) is 112 Å². The van der Waals surface area contributed by atoms with E-state index < -0.39 is 0 Å². The van der Waals surface area contributed by atoms with E-state index in [4.69, 9.17) is 0 Å². The average molecular weight is 415 g/mol. The first-order valence-corrected chi connectivity index (χ1v) is 13.6. The SMILES string of the molecule is CC[C@H](CC[C@@H](C)[C@H]1CC[C@H]2C3=CC[C@H]4C[C@H](O)CC[C@]4(C)[C@H]3CC[C@]12C)C(C)C. The van der Waals surface area contributed by atoms with E-state index in [-0.39, 0.29) is 6.10 Å². The zero-order valence-electron chi connectivity index (χ0n) is 20.9. The van der Waals surface area contributed by atoms with Gasteiger partial charge in [0.1, 0.15) is 0 Å². The van der Waals surface area contributed by atoms with Crippen molar-refractivity contribution in [1.82, 2.24) is 0 Å². The van der Waals surface area contributed by atoms with Gasteiger partial charge in [-0.15, -0.1) is 0 Å². The highest BCUT2D eigenvalue weighted by Gasteiger charge is 2.58. The first kappa shape index (κ1) is 22.9. The summed E-state index contributed by atoms with van der Waals surface area (Å²) in [5.74, 6) is 5.92. The first-order chi connectivity index (χ1) is 14.2. The van der Waals surface area contributed by atoms with Gasteiger partial charge in [-0.1, -0.05) is 66.0 Å². The van der Waals surface area contributed by atoms with E-state index in [1.165, 1.54) is 57.8 Å². The Hall–Kier alpha value is -0.300. The molecule has 0 saturated heterocycles. The first-order valence-electron chi connectivity index (χ1n) is 13.6. The van der Waals surface area contributed by atoms with E-state index in [0.29, 0.717) is 10.8 Å². The van der Waals surface area contributed by atoms with Crippen LogP contribution >= 0.6 is 0 Å². The maximum atomic E-state index is 10.3. The third kappa shape index (κ3) is 3.74. The van der Waals surface area contributed by atoms with Crippen LogP contribution in [0.25, 0.3) is 0 Å². The number of aliphatic hydroxyl groups excluding tert-OH is 1. The van der Waals surface area contributed by atoms with Gasteiger partial charge in [-0.3, -0.25) is 0 Å². The van der Waals surface area contributed by atoms with Crippen molar-refractivity contribution in [3.05, 3.63) is 11.6 Å². The molecule has 0 aromatic heterocycles. The minimum absolute atomic E-state index is 0.0404. The molecule has 30 heavy (non-hydrogen) atoms. The fraction of sp³-hybridized carbons (Fsp3) is 0.931. The van der Waals surface area contributed by atoms with Gasteiger partial charge in [0.25, 0.3) is 0 Å². The van der Waals surface area contributed by atoms with Gasteiger partial charge in [0.15, 0.2) is 0 Å². The zero-order valence-corrected chi connectivity index (χ0v) is 20.9. The van der Waals surface area contributed by atoms with E-state index in [9.17, 15) is 5.11 Å². The smallest absolute Gasteiger partial charge is 0.0543 e. The second kappa shape index (κ2) is 8.57. The number of allylic oxidation sites excluding steroid dienone is 2. The molecule has 4 aliphatic carbocycles. The number of aliphatic hydroxyl groups is 1. The maximum absolute atomic E-state index is 10.3. The standard InChI is InChI=1S/C29H50O/c1-7-21(19(2)3)9-8-20(4)25-12-13-26-24-11-10-22-18-23(30)14-16-28(22,5)27(24)15-17-29(25,26)6/h11,19-23,25-27,30H,7-10,12-18H2,1-6H3/t20-,21-,22+,23-,25-,26+,27+,28+,29-/m1/s1. The second-order valence-corrected chi connectivity index (χ2v) is 12.9. The molecule has 0 aromatic carbocycles. The predicted octanol–water partition coefficient (Wildman–Crippen LogP) is 8.02. The number of rotatable bonds is 6. The third-order valence-electron chi connectivity index (χ3n) is 11.3. The molecule has 172 valence electrons. The Labute approximate surface area is 187 Å². The number of hydrogen-bond donors (Lipinski definition) is 1. The van der Waals surface area contributed by atoms with Crippen molar-refractivity contribution in [1.29, 1.82) is 0 Å². The summed E-state index contributed by atoms with van der Waals surface area (Å²) in [5, 5.41) is 10.3. The highest BCUT2D eigenvalue weighted by Crippen LogP contribution is 2.67. The van der Waals surface area contributed by atoms with Crippen molar-refractivity contribution in [3.8, 4) is 0 Å². The molecule has 0 unspecified atom stereocenters. The lowest BCUT2D eigenvalue weighted by Crippen LogP contribution is -2.49. The highest BCUT2D eigenvalue weighted by atomic mass is 16.3. The van der Waals surface area contributed by atoms with Crippen molar-refractivity contribution in [2.45, 2.75) is 118 Å². The lowest BCUT2D eigenvalue weighted by atomic mass is 9.47. The minimum Gasteiger partial charge on any atom is -0.393 e. The van der Waals surface area contributed by atoms with E-state index in [2.05, 4.69) is 47.6 Å². The van der Waals surface area contributed by atoms with Crippen molar-refractivity contribution >= 4 is 0 Å². The van der Waals surface area contributed by atoms with E-state index >= 15 is 0 Å². The van der Waals surface area contributed by atoms with Gasteiger partial charge >= 0.3 is 0 Å². The molecule has 0 heterocycles.